The van der Waals surface area contributed by atoms with Gasteiger partial charge in [0.1, 0.15) is 22.6 Å². The Morgan fingerprint density at radius 2 is 1.96 bits per heavy atom. The Morgan fingerprint density at radius 1 is 1.15 bits per heavy atom. The van der Waals surface area contributed by atoms with E-state index in [0.717, 1.165) is 33.3 Å². The molecule has 3 aromatic heterocycles. The second-order valence-corrected chi connectivity index (χ2v) is 6.92. The monoisotopic (exact) mass is 366 g/mol. The summed E-state index contributed by atoms with van der Waals surface area (Å²) in [5, 5.41) is 4.43. The molecule has 2 N–H and O–H groups in total. The lowest BCUT2D eigenvalue weighted by molar-refractivity contribution is 0.415. The first-order chi connectivity index (χ1) is 12.7. The lowest BCUT2D eigenvalue weighted by Crippen LogP contribution is -2.08. The predicted octanol–water partition coefficient (Wildman–Crippen LogP) is 3.97. The van der Waals surface area contributed by atoms with Gasteiger partial charge in [-0.05, 0) is 38.1 Å². The van der Waals surface area contributed by atoms with Gasteiger partial charge >= 0.3 is 0 Å². The van der Waals surface area contributed by atoms with Crippen molar-refractivity contribution in [3.05, 3.63) is 47.5 Å². The maximum atomic E-state index is 5.22. The molecule has 0 radical (unpaired) electrons. The van der Waals surface area contributed by atoms with Crippen molar-refractivity contribution in [2.75, 3.05) is 12.4 Å². The van der Waals surface area contributed by atoms with Gasteiger partial charge in [0.05, 0.1) is 25.2 Å². The van der Waals surface area contributed by atoms with E-state index in [4.69, 9.17) is 9.72 Å². The van der Waals surface area contributed by atoms with Gasteiger partial charge in [0.25, 0.3) is 0 Å². The Morgan fingerprint density at radius 3 is 2.73 bits per heavy atom. The van der Waals surface area contributed by atoms with Crippen molar-refractivity contribution >= 4 is 28.3 Å². The third kappa shape index (κ3) is 2.99. The number of hydrogen-bond donors (Lipinski definition) is 2. The summed E-state index contributed by atoms with van der Waals surface area (Å²) in [6, 6.07) is 8.00. The fraction of sp³-hybridized carbons (Fsp3) is 0.222. The van der Waals surface area contributed by atoms with Crippen LogP contribution < -0.4 is 10.1 Å². The summed E-state index contributed by atoms with van der Waals surface area (Å²) in [7, 11) is 1.66. The minimum atomic E-state index is 0.0564. The van der Waals surface area contributed by atoms with Crippen molar-refractivity contribution < 1.29 is 4.74 Å². The number of methoxy groups -OCH3 is 1. The molecule has 0 aliphatic rings. The van der Waals surface area contributed by atoms with Crippen molar-refractivity contribution in [2.24, 2.45) is 0 Å². The maximum absolute atomic E-state index is 5.22. The van der Waals surface area contributed by atoms with E-state index >= 15 is 0 Å². The number of benzene rings is 1. The molecule has 0 aliphatic heterocycles. The number of nitrogens with zero attached hydrogens (tertiary/aromatic N) is 4. The lowest BCUT2D eigenvalue weighted by atomic mass is 10.2. The summed E-state index contributed by atoms with van der Waals surface area (Å²) in [6.45, 7) is 4.13. The van der Waals surface area contributed by atoms with Crippen LogP contribution >= 0.6 is 11.3 Å². The van der Waals surface area contributed by atoms with Crippen LogP contribution in [0.5, 0.6) is 5.75 Å². The molecule has 0 bridgehead atoms. The van der Waals surface area contributed by atoms with Crippen LogP contribution in [-0.2, 0) is 0 Å². The Bertz CT molecular complexity index is 1040. The third-order valence-electron chi connectivity index (χ3n) is 4.14. The highest BCUT2D eigenvalue weighted by Gasteiger charge is 2.17. The number of fused-ring (bicyclic) bond motifs is 1. The standard InChI is InChI=1S/C18H18N6OS/c1-10(23-17-14-16(20-8-19-14)21-9-22-17)15-11(2)24-18(26-15)12-4-6-13(25-3)7-5-12/h4-10H,1-3H3,(H2,19,20,21,22,23). The molecule has 8 heteroatoms. The van der Waals surface area contributed by atoms with E-state index in [9.17, 15) is 0 Å². The van der Waals surface area contributed by atoms with Crippen LogP contribution in [0, 0.1) is 6.92 Å². The lowest BCUT2D eigenvalue weighted by Gasteiger charge is -2.13. The summed E-state index contributed by atoms with van der Waals surface area (Å²) in [6.07, 6.45) is 3.13. The highest BCUT2D eigenvalue weighted by atomic mass is 32.1. The molecular weight excluding hydrogens is 348 g/mol. The minimum absolute atomic E-state index is 0.0564. The number of ether oxygens (including phenoxy) is 1. The van der Waals surface area contributed by atoms with Crippen LogP contribution in [-0.4, -0.2) is 32.0 Å². The number of rotatable bonds is 5. The molecule has 7 nitrogen and oxygen atoms in total. The van der Waals surface area contributed by atoms with Gasteiger partial charge in [0, 0.05) is 10.4 Å². The molecule has 0 spiro atoms. The molecule has 4 aromatic rings. The Balaban J connectivity index is 1.61. The Labute approximate surface area is 154 Å². The fourth-order valence-electron chi connectivity index (χ4n) is 2.81. The van der Waals surface area contributed by atoms with Gasteiger partial charge in [-0.2, -0.15) is 0 Å². The summed E-state index contributed by atoms with van der Waals surface area (Å²) < 4.78 is 5.22. The molecule has 1 unspecified atom stereocenters. The molecule has 26 heavy (non-hydrogen) atoms. The number of aromatic nitrogens is 5. The van der Waals surface area contributed by atoms with Crippen molar-refractivity contribution in [1.29, 1.82) is 0 Å². The third-order valence-corrected chi connectivity index (χ3v) is 5.53. The first-order valence-electron chi connectivity index (χ1n) is 8.18. The van der Waals surface area contributed by atoms with E-state index in [1.807, 2.05) is 31.2 Å². The minimum Gasteiger partial charge on any atom is -0.497 e. The largest absolute Gasteiger partial charge is 0.497 e. The molecule has 0 saturated heterocycles. The molecule has 0 amide bonds. The van der Waals surface area contributed by atoms with Gasteiger partial charge < -0.3 is 15.0 Å². The molecule has 0 fully saturated rings. The molecule has 0 saturated carbocycles. The van der Waals surface area contributed by atoms with Crippen molar-refractivity contribution in [1.82, 2.24) is 24.9 Å². The molecular formula is C18H18N6OS. The number of thiazole rings is 1. The number of aryl methyl sites for hydroxylation is 1. The van der Waals surface area contributed by atoms with Crippen LogP contribution in [0.1, 0.15) is 23.5 Å². The van der Waals surface area contributed by atoms with Crippen LogP contribution in [0.3, 0.4) is 0 Å². The average molecular weight is 366 g/mol. The van der Waals surface area contributed by atoms with Gasteiger partial charge in [-0.25, -0.2) is 19.9 Å². The normalized spacial score (nSPS) is 12.3. The van der Waals surface area contributed by atoms with Gasteiger partial charge in [-0.1, -0.05) is 0 Å². The van der Waals surface area contributed by atoms with Crippen LogP contribution in [0.2, 0.25) is 0 Å². The Hall–Kier alpha value is -3.00. The molecule has 0 aliphatic carbocycles. The zero-order valence-corrected chi connectivity index (χ0v) is 15.5. The number of aromatic amines is 1. The molecule has 1 aromatic carbocycles. The highest BCUT2D eigenvalue weighted by Crippen LogP contribution is 2.34. The number of H-pyrrole nitrogens is 1. The Kier molecular flexibility index (Phi) is 4.26. The predicted molar refractivity (Wildman–Crippen MR) is 103 cm³/mol. The van der Waals surface area contributed by atoms with Crippen molar-refractivity contribution in [2.45, 2.75) is 19.9 Å². The van der Waals surface area contributed by atoms with Crippen LogP contribution in [0.25, 0.3) is 21.7 Å². The summed E-state index contributed by atoms with van der Waals surface area (Å²) in [5.74, 6) is 1.57. The fourth-order valence-corrected chi connectivity index (χ4v) is 3.89. The number of anilines is 1. The SMILES string of the molecule is COc1ccc(-c2nc(C)c(C(C)Nc3ncnc4nc[nH]c34)s2)cc1. The van der Waals surface area contributed by atoms with Crippen molar-refractivity contribution in [3.63, 3.8) is 0 Å². The van der Waals surface area contributed by atoms with Crippen LogP contribution in [0.15, 0.2) is 36.9 Å². The summed E-state index contributed by atoms with van der Waals surface area (Å²) >= 11 is 1.68. The van der Waals surface area contributed by atoms with Gasteiger partial charge in [-0.3, -0.25) is 0 Å². The molecule has 1 atom stereocenters. The maximum Gasteiger partial charge on any atom is 0.182 e. The van der Waals surface area contributed by atoms with Gasteiger partial charge in [0.15, 0.2) is 11.5 Å². The molecule has 132 valence electrons. The summed E-state index contributed by atoms with van der Waals surface area (Å²) in [4.78, 5) is 21.6. The molecule has 4 rings (SSSR count). The second-order valence-electron chi connectivity index (χ2n) is 5.89. The number of imidazole rings is 1. The highest BCUT2D eigenvalue weighted by molar-refractivity contribution is 7.15. The van der Waals surface area contributed by atoms with Crippen LogP contribution in [0.4, 0.5) is 5.82 Å². The van der Waals surface area contributed by atoms with E-state index in [-0.39, 0.29) is 6.04 Å². The first kappa shape index (κ1) is 16.5. The van der Waals surface area contributed by atoms with E-state index in [0.29, 0.717) is 5.65 Å². The van der Waals surface area contributed by atoms with Gasteiger partial charge in [0.2, 0.25) is 0 Å². The number of hydrogen-bond acceptors (Lipinski definition) is 7. The quantitative estimate of drug-likeness (QED) is 0.556. The van der Waals surface area contributed by atoms with E-state index < -0.39 is 0 Å². The van der Waals surface area contributed by atoms with Gasteiger partial charge in [-0.15, -0.1) is 11.3 Å². The average Bonchev–Trinajstić information content (AvgIpc) is 3.29. The van der Waals surface area contributed by atoms with E-state index in [1.54, 1.807) is 24.8 Å². The molecule has 3 heterocycles. The second kappa shape index (κ2) is 6.72. The van der Waals surface area contributed by atoms with Crippen molar-refractivity contribution in [3.8, 4) is 16.3 Å². The summed E-state index contributed by atoms with van der Waals surface area (Å²) in [5.41, 5.74) is 3.54. The topological polar surface area (TPSA) is 88.6 Å². The zero-order chi connectivity index (χ0) is 18.1. The van der Waals surface area contributed by atoms with E-state index in [1.165, 1.54) is 11.2 Å². The smallest absolute Gasteiger partial charge is 0.182 e. The zero-order valence-electron chi connectivity index (χ0n) is 14.6. The van der Waals surface area contributed by atoms with E-state index in [2.05, 4.69) is 32.2 Å². The number of nitrogens with one attached hydrogen (secondary N) is 2. The first-order valence-corrected chi connectivity index (χ1v) is 8.99.